The Labute approximate surface area is 165 Å². The van der Waals surface area contributed by atoms with Gasteiger partial charge in [-0.3, -0.25) is 0 Å². The molecule has 5 rings (SSSR count). The minimum Gasteiger partial charge on any atom is -0.227 e. The highest BCUT2D eigenvalue weighted by Crippen LogP contribution is 2.33. The van der Waals surface area contributed by atoms with Gasteiger partial charge in [0.05, 0.1) is 11.2 Å². The largest absolute Gasteiger partial charge is 0.227 e. The van der Waals surface area contributed by atoms with Crippen molar-refractivity contribution in [3.8, 4) is 22.6 Å². The molecule has 0 fully saturated rings. The fourth-order valence-corrected chi connectivity index (χ4v) is 3.67. The first kappa shape index (κ1) is 16.2. The second-order valence-corrected chi connectivity index (χ2v) is 7.37. The van der Waals surface area contributed by atoms with Crippen molar-refractivity contribution in [2.45, 2.75) is 0 Å². The highest BCUT2D eigenvalue weighted by molar-refractivity contribution is 9.10. The van der Waals surface area contributed by atoms with Gasteiger partial charge in [-0.2, -0.15) is 0 Å². The molecule has 0 spiro atoms. The summed E-state index contributed by atoms with van der Waals surface area (Å²) >= 11 is 3.50. The lowest BCUT2D eigenvalue weighted by atomic mass is 10.0. The first-order valence-electron chi connectivity index (χ1n) is 8.80. The van der Waals surface area contributed by atoms with Gasteiger partial charge in [0.2, 0.25) is 0 Å². The van der Waals surface area contributed by atoms with E-state index in [4.69, 9.17) is 9.97 Å². The number of nitrogens with zero attached hydrogens (tertiary/aromatic N) is 2. The molecule has 0 saturated carbocycles. The predicted molar refractivity (Wildman–Crippen MR) is 116 cm³/mol. The van der Waals surface area contributed by atoms with Crippen molar-refractivity contribution in [2.75, 3.05) is 0 Å². The molecule has 0 aliphatic carbocycles. The van der Waals surface area contributed by atoms with Gasteiger partial charge < -0.3 is 0 Å². The van der Waals surface area contributed by atoms with Crippen LogP contribution in [-0.2, 0) is 0 Å². The number of hydrogen-bond acceptors (Lipinski definition) is 2. The van der Waals surface area contributed by atoms with Crippen molar-refractivity contribution >= 4 is 37.6 Å². The molecule has 3 heteroatoms. The summed E-state index contributed by atoms with van der Waals surface area (Å²) in [5, 5.41) is 3.40. The van der Waals surface area contributed by atoms with E-state index >= 15 is 0 Å². The van der Waals surface area contributed by atoms with Crippen molar-refractivity contribution in [1.29, 1.82) is 0 Å². The second kappa shape index (κ2) is 6.60. The molecule has 0 radical (unpaired) electrons. The Morgan fingerprint density at radius 1 is 0.556 bits per heavy atom. The van der Waals surface area contributed by atoms with Crippen molar-refractivity contribution in [1.82, 2.24) is 9.97 Å². The number of fused-ring (bicyclic) bond motifs is 3. The Hall–Kier alpha value is -3.04. The standard InChI is InChI=1S/C24H15BrN2/c25-19-13-10-18(11-14-19)24-26-22(17-7-2-1-3-8-17)21-15-12-16-6-4-5-9-20(16)23(21)27-24/h1-15H. The van der Waals surface area contributed by atoms with Gasteiger partial charge in [-0.05, 0) is 23.6 Å². The number of hydrogen-bond donors (Lipinski definition) is 0. The Morgan fingerprint density at radius 3 is 2.11 bits per heavy atom. The fraction of sp³-hybridized carbons (Fsp3) is 0. The first-order chi connectivity index (χ1) is 13.3. The van der Waals surface area contributed by atoms with Crippen LogP contribution in [0.1, 0.15) is 0 Å². The van der Waals surface area contributed by atoms with E-state index < -0.39 is 0 Å². The van der Waals surface area contributed by atoms with Crippen LogP contribution in [0.2, 0.25) is 0 Å². The van der Waals surface area contributed by atoms with Crippen LogP contribution in [0.15, 0.2) is 95.5 Å². The Morgan fingerprint density at radius 2 is 1.30 bits per heavy atom. The van der Waals surface area contributed by atoms with Crippen LogP contribution in [0.3, 0.4) is 0 Å². The molecule has 0 aliphatic heterocycles. The third-order valence-corrected chi connectivity index (χ3v) is 5.27. The summed E-state index contributed by atoms with van der Waals surface area (Å²) in [6, 6.07) is 31.1. The molecule has 2 nitrogen and oxygen atoms in total. The second-order valence-electron chi connectivity index (χ2n) is 6.45. The molecule has 0 aliphatic rings. The topological polar surface area (TPSA) is 25.8 Å². The molecule has 0 N–H and O–H groups in total. The average Bonchev–Trinajstić information content (AvgIpc) is 2.74. The van der Waals surface area contributed by atoms with Gasteiger partial charge in [0.25, 0.3) is 0 Å². The van der Waals surface area contributed by atoms with E-state index in [-0.39, 0.29) is 0 Å². The minimum absolute atomic E-state index is 0.741. The third kappa shape index (κ3) is 2.90. The maximum absolute atomic E-state index is 4.96. The van der Waals surface area contributed by atoms with Gasteiger partial charge in [0.1, 0.15) is 0 Å². The van der Waals surface area contributed by atoms with Crippen LogP contribution in [0, 0.1) is 0 Å². The molecule has 5 aromatic rings. The summed E-state index contributed by atoms with van der Waals surface area (Å²) < 4.78 is 1.04. The average molecular weight is 411 g/mol. The quantitative estimate of drug-likeness (QED) is 0.296. The lowest BCUT2D eigenvalue weighted by Gasteiger charge is -2.11. The molecule has 128 valence electrons. The van der Waals surface area contributed by atoms with Gasteiger partial charge in [0.15, 0.2) is 5.82 Å². The Bertz CT molecular complexity index is 1260. The summed E-state index contributed by atoms with van der Waals surface area (Å²) in [6.07, 6.45) is 0. The van der Waals surface area contributed by atoms with Crippen LogP contribution < -0.4 is 0 Å². The van der Waals surface area contributed by atoms with Gasteiger partial charge in [-0.1, -0.05) is 88.7 Å². The zero-order valence-electron chi connectivity index (χ0n) is 14.4. The molecule has 27 heavy (non-hydrogen) atoms. The van der Waals surface area contributed by atoms with Gasteiger partial charge >= 0.3 is 0 Å². The van der Waals surface area contributed by atoms with E-state index in [0.717, 1.165) is 43.4 Å². The number of rotatable bonds is 2. The van der Waals surface area contributed by atoms with Crippen LogP contribution in [0.4, 0.5) is 0 Å². The minimum atomic E-state index is 0.741. The molecule has 0 bridgehead atoms. The number of benzene rings is 4. The molecule has 1 heterocycles. The van der Waals surface area contributed by atoms with E-state index in [1.54, 1.807) is 0 Å². The lowest BCUT2D eigenvalue weighted by molar-refractivity contribution is 1.23. The molecule has 4 aromatic carbocycles. The molecule has 0 unspecified atom stereocenters. The summed E-state index contributed by atoms with van der Waals surface area (Å²) in [5.74, 6) is 0.741. The summed E-state index contributed by atoms with van der Waals surface area (Å²) in [7, 11) is 0. The van der Waals surface area contributed by atoms with E-state index in [1.165, 1.54) is 5.39 Å². The van der Waals surface area contributed by atoms with Gasteiger partial charge in [0, 0.05) is 26.4 Å². The van der Waals surface area contributed by atoms with Crippen LogP contribution in [-0.4, -0.2) is 9.97 Å². The molecule has 0 saturated heterocycles. The smallest absolute Gasteiger partial charge is 0.160 e. The van der Waals surface area contributed by atoms with Gasteiger partial charge in [-0.25, -0.2) is 9.97 Å². The monoisotopic (exact) mass is 410 g/mol. The first-order valence-corrected chi connectivity index (χ1v) is 9.60. The molecule has 1 aromatic heterocycles. The zero-order valence-corrected chi connectivity index (χ0v) is 16.0. The maximum Gasteiger partial charge on any atom is 0.160 e. The number of aromatic nitrogens is 2. The maximum atomic E-state index is 4.96. The van der Waals surface area contributed by atoms with E-state index in [2.05, 4.69) is 64.5 Å². The molecule has 0 amide bonds. The van der Waals surface area contributed by atoms with Crippen LogP contribution >= 0.6 is 15.9 Å². The highest BCUT2D eigenvalue weighted by Gasteiger charge is 2.13. The lowest BCUT2D eigenvalue weighted by Crippen LogP contribution is -1.96. The Balaban J connectivity index is 1.89. The zero-order chi connectivity index (χ0) is 18.2. The summed E-state index contributed by atoms with van der Waals surface area (Å²) in [4.78, 5) is 9.91. The van der Waals surface area contributed by atoms with Crippen molar-refractivity contribution in [3.63, 3.8) is 0 Å². The SMILES string of the molecule is Brc1ccc(-c2nc(-c3ccccc3)c3ccc4ccccc4c3n2)cc1. The summed E-state index contributed by atoms with van der Waals surface area (Å²) in [6.45, 7) is 0. The van der Waals surface area contributed by atoms with E-state index in [1.807, 2.05) is 42.5 Å². The van der Waals surface area contributed by atoms with Crippen molar-refractivity contribution in [2.24, 2.45) is 0 Å². The molecular formula is C24H15BrN2. The van der Waals surface area contributed by atoms with Gasteiger partial charge in [-0.15, -0.1) is 0 Å². The van der Waals surface area contributed by atoms with E-state index in [0.29, 0.717) is 0 Å². The number of halogens is 1. The highest BCUT2D eigenvalue weighted by atomic mass is 79.9. The van der Waals surface area contributed by atoms with Crippen molar-refractivity contribution in [3.05, 3.63) is 95.5 Å². The summed E-state index contributed by atoms with van der Waals surface area (Å²) in [5.41, 5.74) is 4.05. The fourth-order valence-electron chi connectivity index (χ4n) is 3.41. The van der Waals surface area contributed by atoms with E-state index in [9.17, 15) is 0 Å². The molecule has 0 atom stereocenters. The normalized spacial score (nSPS) is 11.1. The molecular weight excluding hydrogens is 396 g/mol. The van der Waals surface area contributed by atoms with Crippen LogP contribution in [0.5, 0.6) is 0 Å². The van der Waals surface area contributed by atoms with Crippen LogP contribution in [0.25, 0.3) is 44.3 Å². The Kier molecular flexibility index (Phi) is 3.95. The predicted octanol–water partition coefficient (Wildman–Crippen LogP) is 6.88. The third-order valence-electron chi connectivity index (χ3n) is 4.74. The van der Waals surface area contributed by atoms with Crippen molar-refractivity contribution < 1.29 is 0 Å².